The number of hydrogen-bond donors (Lipinski definition) is 1. The molecule has 0 heterocycles. The molecule has 0 aliphatic heterocycles. The van der Waals surface area contributed by atoms with E-state index in [0.717, 1.165) is 0 Å². The van der Waals surface area contributed by atoms with Crippen molar-refractivity contribution >= 4 is 0 Å². The highest BCUT2D eigenvalue weighted by atomic mass is 19.4. The zero-order valence-corrected chi connectivity index (χ0v) is 8.21. The molecule has 17 heavy (non-hydrogen) atoms. The van der Waals surface area contributed by atoms with Gasteiger partial charge in [-0.15, -0.1) is 0 Å². The summed E-state index contributed by atoms with van der Waals surface area (Å²) in [7, 11) is 0. The van der Waals surface area contributed by atoms with Gasteiger partial charge >= 0.3 is 24.2 Å². The van der Waals surface area contributed by atoms with Crippen molar-refractivity contribution in [2.75, 3.05) is 19.8 Å². The van der Waals surface area contributed by atoms with E-state index in [1.54, 1.807) is 0 Å². The highest BCUT2D eigenvalue weighted by Gasteiger charge is 2.75. The van der Waals surface area contributed by atoms with E-state index in [1.165, 1.54) is 0 Å². The Balaban J connectivity index is 4.88. The summed E-state index contributed by atoms with van der Waals surface area (Å²) in [6, 6.07) is 0. The summed E-state index contributed by atoms with van der Waals surface area (Å²) in [6.45, 7) is -3.03. The maximum absolute atomic E-state index is 12.7. The number of halogens is 8. The monoisotopic (exact) mass is 275 g/mol. The second-order valence-electron chi connectivity index (χ2n) is 3.04. The first-order valence-corrected chi connectivity index (χ1v) is 4.20. The molecule has 0 radical (unpaired) electrons. The highest BCUT2D eigenvalue weighted by molar-refractivity contribution is 4.97. The Morgan fingerprint density at radius 3 is 1.82 bits per heavy atom. The van der Waals surface area contributed by atoms with Crippen LogP contribution in [0.1, 0.15) is 0 Å². The maximum atomic E-state index is 12.7. The van der Waals surface area contributed by atoms with E-state index in [-0.39, 0.29) is 6.54 Å². The highest BCUT2D eigenvalue weighted by Crippen LogP contribution is 2.48. The molecule has 0 bridgehead atoms. The molecule has 104 valence electrons. The number of hydrogen-bond acceptors (Lipinski definition) is 2. The lowest BCUT2D eigenvalue weighted by atomic mass is 10.1. The fourth-order valence-corrected chi connectivity index (χ4v) is 0.755. The van der Waals surface area contributed by atoms with Gasteiger partial charge in [-0.05, 0) is 0 Å². The minimum Gasteiger partial charge on any atom is -0.374 e. The van der Waals surface area contributed by atoms with Gasteiger partial charge in [-0.3, -0.25) is 0 Å². The molecule has 2 nitrogen and oxygen atoms in total. The maximum Gasteiger partial charge on any atom is 0.380 e. The molecule has 0 aliphatic carbocycles. The number of nitrogens with two attached hydrogens (primary N) is 1. The van der Waals surface area contributed by atoms with Crippen LogP contribution in [0.3, 0.4) is 0 Å². The van der Waals surface area contributed by atoms with Crippen LogP contribution in [0.25, 0.3) is 0 Å². The van der Waals surface area contributed by atoms with E-state index in [9.17, 15) is 35.1 Å². The number of ether oxygens (including phenoxy) is 1. The van der Waals surface area contributed by atoms with Crippen LogP contribution >= 0.6 is 0 Å². The third-order valence-corrected chi connectivity index (χ3v) is 1.70. The average Bonchev–Trinajstić information content (AvgIpc) is 2.17. The van der Waals surface area contributed by atoms with Crippen LogP contribution in [-0.2, 0) is 4.74 Å². The van der Waals surface area contributed by atoms with Crippen LogP contribution < -0.4 is 5.73 Å². The molecule has 0 aliphatic rings. The molecule has 0 aromatic rings. The van der Waals surface area contributed by atoms with Gasteiger partial charge in [0.25, 0.3) is 0 Å². The molecule has 10 heteroatoms. The van der Waals surface area contributed by atoms with Gasteiger partial charge in [0.2, 0.25) is 0 Å². The van der Waals surface area contributed by atoms with Gasteiger partial charge in [-0.1, -0.05) is 0 Å². The Labute approximate surface area is 90.7 Å². The van der Waals surface area contributed by atoms with Crippen molar-refractivity contribution in [3.63, 3.8) is 0 Å². The van der Waals surface area contributed by atoms with E-state index >= 15 is 0 Å². The summed E-state index contributed by atoms with van der Waals surface area (Å²) in [5.41, 5.74) is 4.78. The van der Waals surface area contributed by atoms with Crippen molar-refractivity contribution in [2.24, 2.45) is 5.73 Å². The van der Waals surface area contributed by atoms with Crippen LogP contribution in [0.2, 0.25) is 0 Å². The van der Waals surface area contributed by atoms with Gasteiger partial charge in [0.1, 0.15) is 6.61 Å². The summed E-state index contributed by atoms with van der Waals surface area (Å²) >= 11 is 0. The van der Waals surface area contributed by atoms with Gasteiger partial charge in [-0.25, -0.2) is 8.78 Å². The number of rotatable bonds is 7. The Morgan fingerprint density at radius 2 is 1.47 bits per heavy atom. The van der Waals surface area contributed by atoms with Crippen molar-refractivity contribution in [3.05, 3.63) is 0 Å². The molecule has 0 saturated heterocycles. The van der Waals surface area contributed by atoms with E-state index in [2.05, 4.69) is 4.74 Å². The molecule has 0 atom stereocenters. The standard InChI is InChI=1S/C7H9F8NO/c8-4(9)6(12,13)7(14,15)5(10,11)3-17-2-1-16/h4H,1-3,16H2. The first-order valence-electron chi connectivity index (χ1n) is 4.20. The van der Waals surface area contributed by atoms with Crippen LogP contribution in [0.5, 0.6) is 0 Å². The van der Waals surface area contributed by atoms with E-state index in [1.807, 2.05) is 0 Å². The van der Waals surface area contributed by atoms with E-state index in [4.69, 9.17) is 5.73 Å². The predicted octanol–water partition coefficient (Wildman–Crippen LogP) is 2.13. The lowest BCUT2D eigenvalue weighted by molar-refractivity contribution is -0.345. The van der Waals surface area contributed by atoms with Crippen LogP contribution in [-0.4, -0.2) is 44.0 Å². The van der Waals surface area contributed by atoms with E-state index < -0.39 is 37.4 Å². The third kappa shape index (κ3) is 3.18. The van der Waals surface area contributed by atoms with Gasteiger partial charge in [0, 0.05) is 6.54 Å². The molecule has 2 N–H and O–H groups in total. The SMILES string of the molecule is NCCOCC(F)(F)C(F)(F)C(F)(F)C(F)F. The molecule has 0 unspecified atom stereocenters. The fourth-order valence-electron chi connectivity index (χ4n) is 0.755. The number of alkyl halides is 8. The molecule has 0 aromatic carbocycles. The first-order chi connectivity index (χ1) is 7.50. The van der Waals surface area contributed by atoms with Crippen LogP contribution in [0.4, 0.5) is 35.1 Å². The van der Waals surface area contributed by atoms with Crippen molar-refractivity contribution < 1.29 is 39.9 Å². The molecule has 0 spiro atoms. The summed E-state index contributed by atoms with van der Waals surface area (Å²) in [5.74, 6) is -17.8. The van der Waals surface area contributed by atoms with Crippen LogP contribution in [0, 0.1) is 0 Å². The van der Waals surface area contributed by atoms with Gasteiger partial charge < -0.3 is 10.5 Å². The Kier molecular flexibility index (Phi) is 5.14. The smallest absolute Gasteiger partial charge is 0.374 e. The zero-order valence-electron chi connectivity index (χ0n) is 8.21. The van der Waals surface area contributed by atoms with Crippen LogP contribution in [0.15, 0.2) is 0 Å². The fraction of sp³-hybridized carbons (Fsp3) is 1.00. The lowest BCUT2D eigenvalue weighted by Gasteiger charge is -2.31. The largest absolute Gasteiger partial charge is 0.380 e. The molecule has 0 aromatic heterocycles. The second kappa shape index (κ2) is 5.34. The molecular weight excluding hydrogens is 266 g/mol. The Bertz CT molecular complexity index is 244. The molecule has 0 fully saturated rings. The van der Waals surface area contributed by atoms with Gasteiger partial charge in [-0.2, -0.15) is 26.3 Å². The van der Waals surface area contributed by atoms with Crippen molar-refractivity contribution in [1.29, 1.82) is 0 Å². The molecule has 0 rings (SSSR count). The van der Waals surface area contributed by atoms with Gasteiger partial charge in [0.05, 0.1) is 6.61 Å². The summed E-state index contributed by atoms with van der Waals surface area (Å²) < 4.78 is 102. The summed E-state index contributed by atoms with van der Waals surface area (Å²) in [5, 5.41) is 0. The van der Waals surface area contributed by atoms with E-state index in [0.29, 0.717) is 0 Å². The summed E-state index contributed by atoms with van der Waals surface area (Å²) in [6.07, 6.45) is -4.92. The normalized spacial score (nSPS) is 14.5. The van der Waals surface area contributed by atoms with Crippen molar-refractivity contribution in [2.45, 2.75) is 24.2 Å². The molecule has 0 amide bonds. The van der Waals surface area contributed by atoms with Gasteiger partial charge in [0.15, 0.2) is 0 Å². The first kappa shape index (κ1) is 16.4. The lowest BCUT2D eigenvalue weighted by Crippen LogP contribution is -2.59. The zero-order chi connectivity index (χ0) is 13.9. The van der Waals surface area contributed by atoms with Crippen molar-refractivity contribution in [1.82, 2.24) is 0 Å². The predicted molar refractivity (Wildman–Crippen MR) is 40.7 cm³/mol. The minimum atomic E-state index is -6.22. The topological polar surface area (TPSA) is 35.2 Å². The molecular formula is C7H9F8NO. The third-order valence-electron chi connectivity index (χ3n) is 1.70. The average molecular weight is 275 g/mol. The second-order valence-corrected chi connectivity index (χ2v) is 3.04. The summed E-state index contributed by atoms with van der Waals surface area (Å²) in [4.78, 5) is 0. The minimum absolute atomic E-state index is 0.313. The Hall–Kier alpha value is -0.640. The molecule has 0 saturated carbocycles. The van der Waals surface area contributed by atoms with Crippen molar-refractivity contribution in [3.8, 4) is 0 Å². The Morgan fingerprint density at radius 1 is 1.00 bits per heavy atom. The quantitative estimate of drug-likeness (QED) is 0.570.